The Labute approximate surface area is 122 Å². The normalized spacial score (nSPS) is 14.1. The lowest BCUT2D eigenvalue weighted by Gasteiger charge is -2.12. The van der Waals surface area contributed by atoms with Gasteiger partial charge in [0.1, 0.15) is 17.3 Å². The van der Waals surface area contributed by atoms with E-state index in [0.29, 0.717) is 29.7 Å². The molecule has 0 spiro atoms. The summed E-state index contributed by atoms with van der Waals surface area (Å²) >= 11 is 0. The van der Waals surface area contributed by atoms with E-state index in [2.05, 4.69) is 9.97 Å². The number of H-pyrrole nitrogens is 1. The van der Waals surface area contributed by atoms with Crippen molar-refractivity contribution < 1.29 is 4.74 Å². The third kappa shape index (κ3) is 2.56. The number of anilines is 2. The summed E-state index contributed by atoms with van der Waals surface area (Å²) in [5.74, 6) is 1.73. The number of nitrogens with two attached hydrogens (primary N) is 2. The third-order valence-corrected chi connectivity index (χ3v) is 3.59. The van der Waals surface area contributed by atoms with E-state index in [4.69, 9.17) is 16.2 Å². The van der Waals surface area contributed by atoms with Crippen LogP contribution in [0.4, 0.5) is 11.5 Å². The molecule has 3 rings (SSSR count). The number of rotatable bonds is 4. The van der Waals surface area contributed by atoms with Crippen LogP contribution in [0.5, 0.6) is 5.75 Å². The highest BCUT2D eigenvalue weighted by molar-refractivity contribution is 5.69. The summed E-state index contributed by atoms with van der Waals surface area (Å²) in [5, 5.41) is 0. The number of nitrogens with one attached hydrogen (secondary N) is 1. The zero-order valence-electron chi connectivity index (χ0n) is 11.8. The largest absolute Gasteiger partial charge is 0.493 e. The number of aromatic nitrogens is 2. The second-order valence-electron chi connectivity index (χ2n) is 5.18. The molecule has 0 atom stereocenters. The van der Waals surface area contributed by atoms with Gasteiger partial charge in [-0.3, -0.25) is 4.79 Å². The van der Waals surface area contributed by atoms with Gasteiger partial charge in [-0.15, -0.1) is 0 Å². The van der Waals surface area contributed by atoms with Gasteiger partial charge in [-0.25, -0.2) is 4.98 Å². The van der Waals surface area contributed by atoms with E-state index in [9.17, 15) is 4.79 Å². The lowest BCUT2D eigenvalue weighted by molar-refractivity contribution is 0.341. The molecule has 1 aliphatic rings. The maximum absolute atomic E-state index is 11.7. The number of hydrogen-bond donors (Lipinski definition) is 3. The van der Waals surface area contributed by atoms with Crippen LogP contribution in [0.15, 0.2) is 23.0 Å². The second kappa shape index (κ2) is 5.12. The van der Waals surface area contributed by atoms with E-state index < -0.39 is 5.56 Å². The number of ether oxygens (including phenoxy) is 1. The van der Waals surface area contributed by atoms with E-state index in [-0.39, 0.29) is 11.5 Å². The van der Waals surface area contributed by atoms with Crippen LogP contribution in [-0.4, -0.2) is 16.6 Å². The van der Waals surface area contributed by atoms with Crippen LogP contribution in [-0.2, 0) is 0 Å². The fraction of sp³-hybridized carbons (Fsp3) is 0.333. The van der Waals surface area contributed by atoms with Crippen molar-refractivity contribution in [1.29, 1.82) is 0 Å². The predicted octanol–water partition coefficient (Wildman–Crippen LogP) is 1.88. The minimum atomic E-state index is -0.439. The van der Waals surface area contributed by atoms with Crippen molar-refractivity contribution in [3.63, 3.8) is 0 Å². The minimum absolute atomic E-state index is 0.0301. The van der Waals surface area contributed by atoms with Crippen molar-refractivity contribution in [2.45, 2.75) is 25.7 Å². The van der Waals surface area contributed by atoms with Crippen LogP contribution in [0, 0.1) is 0 Å². The van der Waals surface area contributed by atoms with E-state index in [1.165, 1.54) is 18.4 Å². The summed E-state index contributed by atoms with van der Waals surface area (Å²) in [5.41, 5.74) is 12.7. The number of nitrogen functional groups attached to an aromatic ring is 2. The SMILES string of the molecule is CCOc1cc(C2CC2)ccc1-c1nc(N)c(N)c(=O)[nH]1. The summed E-state index contributed by atoms with van der Waals surface area (Å²) in [6.45, 7) is 2.46. The maximum Gasteiger partial charge on any atom is 0.276 e. The predicted molar refractivity (Wildman–Crippen MR) is 82.3 cm³/mol. The van der Waals surface area contributed by atoms with Gasteiger partial charge in [-0.2, -0.15) is 0 Å². The molecule has 0 aliphatic heterocycles. The lowest BCUT2D eigenvalue weighted by atomic mass is 10.1. The smallest absolute Gasteiger partial charge is 0.276 e. The summed E-state index contributed by atoms with van der Waals surface area (Å²) in [7, 11) is 0. The van der Waals surface area contributed by atoms with Crippen LogP contribution >= 0.6 is 0 Å². The van der Waals surface area contributed by atoms with E-state index in [0.717, 1.165) is 0 Å². The highest BCUT2D eigenvalue weighted by Crippen LogP contribution is 2.42. The molecule has 0 radical (unpaired) electrons. The Balaban J connectivity index is 2.10. The zero-order valence-corrected chi connectivity index (χ0v) is 11.8. The molecule has 1 heterocycles. The molecule has 1 fully saturated rings. The first-order valence-electron chi connectivity index (χ1n) is 7.02. The maximum atomic E-state index is 11.7. The molecule has 0 amide bonds. The number of nitrogens with zero attached hydrogens (tertiary/aromatic N) is 1. The summed E-state index contributed by atoms with van der Waals surface area (Å²) in [4.78, 5) is 18.5. The van der Waals surface area contributed by atoms with Crippen LogP contribution in [0.3, 0.4) is 0 Å². The molecule has 0 saturated heterocycles. The van der Waals surface area contributed by atoms with Crippen molar-refractivity contribution >= 4 is 11.5 Å². The van der Waals surface area contributed by atoms with Crippen LogP contribution in [0.25, 0.3) is 11.4 Å². The molecule has 5 N–H and O–H groups in total. The van der Waals surface area contributed by atoms with E-state index in [1.54, 1.807) is 0 Å². The Bertz CT molecular complexity index is 735. The summed E-state index contributed by atoms with van der Waals surface area (Å²) < 4.78 is 5.69. The number of hydrogen-bond acceptors (Lipinski definition) is 5. The number of aromatic amines is 1. The average molecular weight is 286 g/mol. The molecule has 0 bridgehead atoms. The molecule has 1 aromatic carbocycles. The standard InChI is InChI=1S/C15H18N4O2/c1-2-21-11-7-9(8-3-4-8)5-6-10(11)14-18-13(17)12(16)15(20)19-14/h5-8H,2-4,16H2,1H3,(H3,17,18,19,20). The second-order valence-corrected chi connectivity index (χ2v) is 5.18. The van der Waals surface area contributed by atoms with Gasteiger partial charge in [0, 0.05) is 0 Å². The van der Waals surface area contributed by atoms with Crippen LogP contribution in [0.2, 0.25) is 0 Å². The van der Waals surface area contributed by atoms with Gasteiger partial charge < -0.3 is 21.2 Å². The molecular weight excluding hydrogens is 268 g/mol. The lowest BCUT2D eigenvalue weighted by Crippen LogP contribution is -2.17. The fourth-order valence-electron chi connectivity index (χ4n) is 2.31. The first kappa shape index (κ1) is 13.5. The van der Waals surface area contributed by atoms with Gasteiger partial charge in [0.2, 0.25) is 0 Å². The Morgan fingerprint density at radius 2 is 2.14 bits per heavy atom. The molecule has 6 nitrogen and oxygen atoms in total. The van der Waals surface area contributed by atoms with E-state index in [1.807, 2.05) is 25.1 Å². The van der Waals surface area contributed by atoms with Gasteiger partial charge in [0.25, 0.3) is 5.56 Å². The Morgan fingerprint density at radius 1 is 1.38 bits per heavy atom. The van der Waals surface area contributed by atoms with Crippen LogP contribution in [0.1, 0.15) is 31.2 Å². The molecule has 1 saturated carbocycles. The highest BCUT2D eigenvalue weighted by atomic mass is 16.5. The van der Waals surface area contributed by atoms with Crippen molar-refractivity contribution in [2.75, 3.05) is 18.1 Å². The molecular formula is C15H18N4O2. The zero-order chi connectivity index (χ0) is 15.0. The third-order valence-electron chi connectivity index (χ3n) is 3.59. The summed E-state index contributed by atoms with van der Waals surface area (Å²) in [6, 6.07) is 5.97. The first-order valence-corrected chi connectivity index (χ1v) is 7.02. The topological polar surface area (TPSA) is 107 Å². The van der Waals surface area contributed by atoms with Crippen molar-refractivity contribution in [2.24, 2.45) is 0 Å². The quantitative estimate of drug-likeness (QED) is 0.795. The molecule has 21 heavy (non-hydrogen) atoms. The Kier molecular flexibility index (Phi) is 3.29. The fourth-order valence-corrected chi connectivity index (χ4v) is 2.31. The van der Waals surface area contributed by atoms with Crippen LogP contribution < -0.4 is 21.8 Å². The molecule has 6 heteroatoms. The summed E-state index contributed by atoms with van der Waals surface area (Å²) in [6.07, 6.45) is 2.43. The molecule has 1 aromatic heterocycles. The molecule has 0 unspecified atom stereocenters. The van der Waals surface area contributed by atoms with Gasteiger partial charge >= 0.3 is 0 Å². The Hall–Kier alpha value is -2.50. The highest BCUT2D eigenvalue weighted by Gasteiger charge is 2.25. The van der Waals surface area contributed by atoms with Crippen molar-refractivity contribution in [3.05, 3.63) is 34.1 Å². The van der Waals surface area contributed by atoms with Crippen molar-refractivity contribution in [1.82, 2.24) is 9.97 Å². The first-order chi connectivity index (χ1) is 10.1. The van der Waals surface area contributed by atoms with Gasteiger partial charge in [0.05, 0.1) is 12.2 Å². The van der Waals surface area contributed by atoms with E-state index >= 15 is 0 Å². The monoisotopic (exact) mass is 286 g/mol. The van der Waals surface area contributed by atoms with Crippen molar-refractivity contribution in [3.8, 4) is 17.1 Å². The van der Waals surface area contributed by atoms with Gasteiger partial charge in [-0.05, 0) is 43.4 Å². The average Bonchev–Trinajstić information content (AvgIpc) is 3.29. The Morgan fingerprint density at radius 3 is 2.76 bits per heavy atom. The minimum Gasteiger partial charge on any atom is -0.493 e. The number of benzene rings is 1. The van der Waals surface area contributed by atoms with Gasteiger partial charge in [-0.1, -0.05) is 6.07 Å². The molecule has 1 aliphatic carbocycles. The van der Waals surface area contributed by atoms with Gasteiger partial charge in [0.15, 0.2) is 5.82 Å². The molecule has 2 aromatic rings. The molecule has 110 valence electrons.